The molecule has 0 spiro atoms. The van der Waals surface area contributed by atoms with Gasteiger partial charge in [0.05, 0.1) is 26.9 Å². The SMILES string of the molecule is O=C(C1CCN(S(=O)(=O)c2ccc(F)cc2)CC1)N(Cc1ccccn1)c1nc2c(Cl)cccc2s1. The molecule has 0 radical (unpaired) electrons. The number of pyridine rings is 1. The normalized spacial score (nSPS) is 15.3. The van der Waals surface area contributed by atoms with Gasteiger partial charge in [-0.15, -0.1) is 0 Å². The lowest BCUT2D eigenvalue weighted by Crippen LogP contribution is -2.44. The highest BCUT2D eigenvalue weighted by atomic mass is 35.5. The van der Waals surface area contributed by atoms with Crippen LogP contribution in [0.25, 0.3) is 10.2 Å². The number of amides is 1. The number of hydrogen-bond donors (Lipinski definition) is 0. The van der Waals surface area contributed by atoms with E-state index in [1.54, 1.807) is 17.2 Å². The Labute approximate surface area is 217 Å². The summed E-state index contributed by atoms with van der Waals surface area (Å²) >= 11 is 7.71. The number of carbonyl (C=O) groups excluding carboxylic acids is 1. The zero-order valence-corrected chi connectivity index (χ0v) is 21.4. The average Bonchev–Trinajstić information content (AvgIpc) is 3.33. The predicted octanol–water partition coefficient (Wildman–Crippen LogP) is 5.12. The number of aromatic nitrogens is 2. The van der Waals surface area contributed by atoms with Crippen molar-refractivity contribution in [1.29, 1.82) is 0 Å². The standard InChI is InChI=1S/C25H22ClFN4O3S2/c26-21-5-3-6-22-23(21)29-25(35-22)31(16-19-4-1-2-13-28-19)24(32)17-11-14-30(15-12-17)36(33,34)20-9-7-18(27)8-10-20/h1-10,13,17H,11-12,14-16H2. The average molecular weight is 545 g/mol. The highest BCUT2D eigenvalue weighted by Gasteiger charge is 2.35. The second-order valence-electron chi connectivity index (χ2n) is 8.46. The molecule has 1 aliphatic heterocycles. The maximum atomic E-state index is 13.8. The maximum Gasteiger partial charge on any atom is 0.243 e. The molecule has 11 heteroatoms. The van der Waals surface area contributed by atoms with Crippen molar-refractivity contribution in [2.24, 2.45) is 5.92 Å². The topological polar surface area (TPSA) is 83.5 Å². The number of para-hydroxylation sites is 1. The van der Waals surface area contributed by atoms with E-state index in [0.29, 0.717) is 34.2 Å². The molecule has 0 N–H and O–H groups in total. The molecule has 0 bridgehead atoms. The second-order valence-corrected chi connectivity index (χ2v) is 11.8. The summed E-state index contributed by atoms with van der Waals surface area (Å²) in [6.07, 6.45) is 2.40. The van der Waals surface area contributed by atoms with E-state index in [1.807, 2.05) is 30.3 Å². The van der Waals surface area contributed by atoms with Crippen molar-refractivity contribution < 1.29 is 17.6 Å². The number of anilines is 1. The molecule has 2 aromatic heterocycles. The van der Waals surface area contributed by atoms with E-state index in [0.717, 1.165) is 16.8 Å². The van der Waals surface area contributed by atoms with Crippen LogP contribution >= 0.6 is 22.9 Å². The minimum atomic E-state index is -3.76. The number of benzene rings is 2. The zero-order chi connectivity index (χ0) is 25.3. The summed E-state index contributed by atoms with van der Waals surface area (Å²) in [6, 6.07) is 15.8. The molecule has 1 fully saturated rings. The summed E-state index contributed by atoms with van der Waals surface area (Å²) in [5.41, 5.74) is 1.35. The van der Waals surface area contributed by atoms with Gasteiger partial charge in [0.1, 0.15) is 11.3 Å². The Kier molecular flexibility index (Phi) is 7.03. The monoisotopic (exact) mass is 544 g/mol. The van der Waals surface area contributed by atoms with Crippen LogP contribution < -0.4 is 4.90 Å². The van der Waals surface area contributed by atoms with Crippen LogP contribution in [-0.2, 0) is 21.4 Å². The lowest BCUT2D eigenvalue weighted by molar-refractivity contribution is -0.123. The quantitative estimate of drug-likeness (QED) is 0.336. The van der Waals surface area contributed by atoms with Crippen LogP contribution in [0.5, 0.6) is 0 Å². The molecule has 186 valence electrons. The minimum absolute atomic E-state index is 0.0387. The van der Waals surface area contributed by atoms with E-state index in [4.69, 9.17) is 11.6 Å². The van der Waals surface area contributed by atoms with Gasteiger partial charge < -0.3 is 0 Å². The molecule has 7 nitrogen and oxygen atoms in total. The van der Waals surface area contributed by atoms with Crippen molar-refractivity contribution in [1.82, 2.24) is 14.3 Å². The van der Waals surface area contributed by atoms with Crippen molar-refractivity contribution >= 4 is 54.2 Å². The van der Waals surface area contributed by atoms with E-state index in [9.17, 15) is 17.6 Å². The summed E-state index contributed by atoms with van der Waals surface area (Å²) in [4.78, 5) is 24.4. The third-order valence-corrected chi connectivity index (χ3v) is 9.42. The Morgan fingerprint density at radius 1 is 1.08 bits per heavy atom. The van der Waals surface area contributed by atoms with E-state index >= 15 is 0 Å². The molecule has 0 atom stereocenters. The summed E-state index contributed by atoms with van der Waals surface area (Å²) < 4.78 is 41.4. The third-order valence-electron chi connectivity index (χ3n) is 6.16. The van der Waals surface area contributed by atoms with Gasteiger partial charge >= 0.3 is 0 Å². The van der Waals surface area contributed by atoms with E-state index in [2.05, 4.69) is 9.97 Å². The Morgan fingerprint density at radius 2 is 1.83 bits per heavy atom. The summed E-state index contributed by atoms with van der Waals surface area (Å²) in [6.45, 7) is 0.629. The van der Waals surface area contributed by atoms with Crippen molar-refractivity contribution in [2.45, 2.75) is 24.3 Å². The van der Waals surface area contributed by atoms with Gasteiger partial charge in [0.2, 0.25) is 15.9 Å². The zero-order valence-electron chi connectivity index (χ0n) is 19.0. The van der Waals surface area contributed by atoms with E-state index < -0.39 is 15.8 Å². The summed E-state index contributed by atoms with van der Waals surface area (Å²) in [5, 5.41) is 1.04. The number of halogens is 2. The fourth-order valence-electron chi connectivity index (χ4n) is 4.23. The van der Waals surface area contributed by atoms with Crippen molar-refractivity contribution in [3.8, 4) is 0 Å². The minimum Gasteiger partial charge on any atom is -0.282 e. The predicted molar refractivity (Wildman–Crippen MR) is 138 cm³/mol. The molecular formula is C25H22ClFN4O3S2. The van der Waals surface area contributed by atoms with Crippen molar-refractivity contribution in [3.63, 3.8) is 0 Å². The van der Waals surface area contributed by atoms with Gasteiger partial charge in [0, 0.05) is 25.2 Å². The first kappa shape index (κ1) is 24.8. The number of hydrogen-bond acceptors (Lipinski definition) is 6. The number of sulfonamides is 1. The van der Waals surface area contributed by atoms with Gasteiger partial charge in [-0.05, 0) is 61.4 Å². The van der Waals surface area contributed by atoms with Crippen LogP contribution in [0.1, 0.15) is 18.5 Å². The van der Waals surface area contributed by atoms with Crippen LogP contribution in [0.4, 0.5) is 9.52 Å². The number of thiazole rings is 1. The summed E-state index contributed by atoms with van der Waals surface area (Å²) in [7, 11) is -3.76. The van der Waals surface area contributed by atoms with Crippen LogP contribution in [0.15, 0.2) is 71.8 Å². The third kappa shape index (κ3) is 4.99. The van der Waals surface area contributed by atoms with Crippen molar-refractivity contribution in [3.05, 3.63) is 83.4 Å². The highest BCUT2D eigenvalue weighted by molar-refractivity contribution is 7.89. The van der Waals surface area contributed by atoms with Gasteiger partial charge in [-0.3, -0.25) is 14.7 Å². The van der Waals surface area contributed by atoms with Crippen LogP contribution in [-0.4, -0.2) is 41.7 Å². The molecule has 2 aromatic carbocycles. The number of nitrogens with zero attached hydrogens (tertiary/aromatic N) is 4. The molecule has 4 aromatic rings. The van der Waals surface area contributed by atoms with E-state index in [1.165, 1.54) is 27.8 Å². The lowest BCUT2D eigenvalue weighted by Gasteiger charge is -2.33. The molecule has 1 aliphatic rings. The van der Waals surface area contributed by atoms with Crippen LogP contribution in [0, 0.1) is 11.7 Å². The smallest absolute Gasteiger partial charge is 0.243 e. The Balaban J connectivity index is 1.37. The van der Waals surface area contributed by atoms with E-state index in [-0.39, 0.29) is 36.4 Å². The highest BCUT2D eigenvalue weighted by Crippen LogP contribution is 2.35. The molecule has 5 rings (SSSR count). The maximum absolute atomic E-state index is 13.8. The number of carbonyl (C=O) groups is 1. The number of piperidine rings is 1. The van der Waals surface area contributed by atoms with Crippen LogP contribution in [0.2, 0.25) is 5.02 Å². The molecule has 0 saturated carbocycles. The number of fused-ring (bicyclic) bond motifs is 1. The Hall–Kier alpha value is -2.92. The molecule has 3 heterocycles. The summed E-state index contributed by atoms with van der Waals surface area (Å²) in [5.74, 6) is -1.01. The second kappa shape index (κ2) is 10.2. The lowest BCUT2D eigenvalue weighted by atomic mass is 9.96. The Morgan fingerprint density at radius 3 is 2.50 bits per heavy atom. The van der Waals surface area contributed by atoms with Gasteiger partial charge in [-0.1, -0.05) is 35.1 Å². The first-order valence-electron chi connectivity index (χ1n) is 11.3. The van der Waals surface area contributed by atoms with Crippen molar-refractivity contribution in [2.75, 3.05) is 18.0 Å². The number of rotatable bonds is 6. The first-order chi connectivity index (χ1) is 17.3. The first-order valence-corrected chi connectivity index (χ1v) is 14.0. The molecule has 1 amide bonds. The fraction of sp³-hybridized carbons (Fsp3) is 0.240. The van der Waals surface area contributed by atoms with Gasteiger partial charge in [0.25, 0.3) is 0 Å². The van der Waals surface area contributed by atoms with Gasteiger partial charge in [0.15, 0.2) is 5.13 Å². The van der Waals surface area contributed by atoms with Gasteiger partial charge in [-0.2, -0.15) is 4.31 Å². The molecule has 0 aliphatic carbocycles. The Bertz CT molecular complexity index is 1490. The largest absolute Gasteiger partial charge is 0.282 e. The molecular weight excluding hydrogens is 523 g/mol. The molecule has 36 heavy (non-hydrogen) atoms. The van der Waals surface area contributed by atoms with Gasteiger partial charge in [-0.25, -0.2) is 17.8 Å². The molecule has 0 unspecified atom stereocenters. The fourth-order valence-corrected chi connectivity index (χ4v) is 6.97. The molecule has 1 saturated heterocycles. The van der Waals surface area contributed by atoms with Crippen LogP contribution in [0.3, 0.4) is 0 Å².